The van der Waals surface area contributed by atoms with Crippen LogP contribution in [0.4, 0.5) is 0 Å². The Hall–Kier alpha value is -0.790. The van der Waals surface area contributed by atoms with E-state index in [0.29, 0.717) is 0 Å². The van der Waals surface area contributed by atoms with Gasteiger partial charge in [-0.05, 0) is 12.8 Å². The Morgan fingerprint density at radius 2 is 1.62 bits per heavy atom. The molecule has 0 atom stereocenters. The molecular formula is C14H27NO. The van der Waals surface area contributed by atoms with Crippen molar-refractivity contribution in [3.05, 3.63) is 12.3 Å². The maximum atomic E-state index is 10.9. The van der Waals surface area contributed by atoms with Crippen LogP contribution in [0.2, 0.25) is 0 Å². The first kappa shape index (κ1) is 15.2. The smallest absolute Gasteiger partial charge is 0.223 e. The zero-order valence-corrected chi connectivity index (χ0v) is 11.2. The van der Waals surface area contributed by atoms with E-state index in [4.69, 9.17) is 0 Å². The van der Waals surface area contributed by atoms with Gasteiger partial charge in [0.1, 0.15) is 0 Å². The predicted octanol–water partition coefficient (Wildman–Crippen LogP) is 4.12. The summed E-state index contributed by atoms with van der Waals surface area (Å²) in [5, 5.41) is 0. The van der Waals surface area contributed by atoms with E-state index in [1.807, 2.05) is 6.20 Å². The van der Waals surface area contributed by atoms with Gasteiger partial charge in [0, 0.05) is 20.2 Å². The van der Waals surface area contributed by atoms with E-state index in [2.05, 4.69) is 13.0 Å². The third-order valence-electron chi connectivity index (χ3n) is 2.80. The molecule has 94 valence electrons. The fourth-order valence-electron chi connectivity index (χ4n) is 1.56. The second-order valence-corrected chi connectivity index (χ2v) is 4.42. The molecule has 0 aromatic carbocycles. The van der Waals surface area contributed by atoms with Crippen LogP contribution in [0.5, 0.6) is 0 Å². The minimum absolute atomic E-state index is 0.0933. The van der Waals surface area contributed by atoms with Crippen LogP contribution < -0.4 is 0 Å². The lowest BCUT2D eigenvalue weighted by Gasteiger charge is -2.07. The number of amides is 1. The van der Waals surface area contributed by atoms with Gasteiger partial charge in [-0.25, -0.2) is 0 Å². The fourth-order valence-corrected chi connectivity index (χ4v) is 1.56. The van der Waals surface area contributed by atoms with Crippen molar-refractivity contribution < 1.29 is 4.79 Å². The molecule has 0 rings (SSSR count). The van der Waals surface area contributed by atoms with Crippen molar-refractivity contribution in [1.82, 2.24) is 4.90 Å². The average molecular weight is 225 g/mol. The first-order valence-corrected chi connectivity index (χ1v) is 6.58. The summed E-state index contributed by atoms with van der Waals surface area (Å²) in [7, 11) is 1.80. The van der Waals surface area contributed by atoms with Crippen molar-refractivity contribution in [1.29, 1.82) is 0 Å². The molecule has 0 bridgehead atoms. The van der Waals surface area contributed by atoms with Crippen LogP contribution >= 0.6 is 0 Å². The van der Waals surface area contributed by atoms with Gasteiger partial charge in [0.05, 0.1) is 0 Å². The predicted molar refractivity (Wildman–Crippen MR) is 70.2 cm³/mol. The highest BCUT2D eigenvalue weighted by molar-refractivity contribution is 5.73. The van der Waals surface area contributed by atoms with Crippen molar-refractivity contribution >= 4 is 5.91 Å². The summed E-state index contributed by atoms with van der Waals surface area (Å²) < 4.78 is 0. The van der Waals surface area contributed by atoms with Gasteiger partial charge in [-0.2, -0.15) is 0 Å². The number of hydrogen-bond acceptors (Lipinski definition) is 1. The number of hydrogen-bond donors (Lipinski definition) is 0. The normalized spacial score (nSPS) is 10.9. The van der Waals surface area contributed by atoms with Gasteiger partial charge in [0.25, 0.3) is 0 Å². The van der Waals surface area contributed by atoms with Gasteiger partial charge in [-0.1, -0.05) is 51.5 Å². The van der Waals surface area contributed by atoms with Crippen molar-refractivity contribution in [3.8, 4) is 0 Å². The number of carbonyl (C=O) groups excluding carboxylic acids is 1. The molecule has 0 saturated heterocycles. The summed E-state index contributed by atoms with van der Waals surface area (Å²) in [5.74, 6) is 0.0933. The van der Waals surface area contributed by atoms with E-state index in [-0.39, 0.29) is 5.91 Å². The molecule has 0 aromatic rings. The lowest BCUT2D eigenvalue weighted by molar-refractivity contribution is -0.125. The number of allylic oxidation sites excluding steroid dienone is 1. The molecule has 0 unspecified atom stereocenters. The fraction of sp³-hybridized carbons (Fsp3) is 0.786. The summed E-state index contributed by atoms with van der Waals surface area (Å²) in [6, 6.07) is 0. The van der Waals surface area contributed by atoms with Gasteiger partial charge in [0.15, 0.2) is 0 Å². The molecule has 0 heterocycles. The highest BCUT2D eigenvalue weighted by Gasteiger charge is 1.94. The summed E-state index contributed by atoms with van der Waals surface area (Å²) in [6.45, 7) is 3.83. The maximum Gasteiger partial charge on any atom is 0.223 e. The largest absolute Gasteiger partial charge is 0.323 e. The highest BCUT2D eigenvalue weighted by Crippen LogP contribution is 2.08. The Morgan fingerprint density at radius 3 is 2.19 bits per heavy atom. The second kappa shape index (κ2) is 10.7. The Morgan fingerprint density at radius 1 is 1.06 bits per heavy atom. The number of nitrogens with zero attached hydrogens (tertiary/aromatic N) is 1. The Balaban J connectivity index is 3.23. The summed E-state index contributed by atoms with van der Waals surface area (Å²) in [6.07, 6.45) is 14.4. The third-order valence-corrected chi connectivity index (χ3v) is 2.80. The molecule has 0 saturated carbocycles. The number of rotatable bonds is 9. The van der Waals surface area contributed by atoms with Gasteiger partial charge < -0.3 is 4.90 Å². The Kier molecular flexibility index (Phi) is 10.2. The van der Waals surface area contributed by atoms with Crippen molar-refractivity contribution in [2.45, 2.75) is 65.2 Å². The van der Waals surface area contributed by atoms with E-state index in [1.54, 1.807) is 18.9 Å². The van der Waals surface area contributed by atoms with Crippen molar-refractivity contribution in [2.24, 2.45) is 0 Å². The molecule has 0 aliphatic rings. The zero-order chi connectivity index (χ0) is 12.2. The van der Waals surface area contributed by atoms with Gasteiger partial charge >= 0.3 is 0 Å². The van der Waals surface area contributed by atoms with Gasteiger partial charge in [-0.3, -0.25) is 4.79 Å². The molecule has 0 aromatic heterocycles. The second-order valence-electron chi connectivity index (χ2n) is 4.42. The first-order valence-electron chi connectivity index (χ1n) is 6.58. The van der Waals surface area contributed by atoms with Crippen LogP contribution in [0.25, 0.3) is 0 Å². The molecular weight excluding hydrogens is 198 g/mol. The Bertz CT molecular complexity index is 199. The lowest BCUT2D eigenvalue weighted by Crippen LogP contribution is -2.16. The van der Waals surface area contributed by atoms with E-state index >= 15 is 0 Å². The molecule has 0 aliphatic carbocycles. The van der Waals surface area contributed by atoms with Crippen LogP contribution in [0.3, 0.4) is 0 Å². The minimum atomic E-state index is 0.0933. The first-order chi connectivity index (χ1) is 7.68. The molecule has 0 spiro atoms. The molecule has 0 aliphatic heterocycles. The van der Waals surface area contributed by atoms with Gasteiger partial charge in [-0.15, -0.1) is 0 Å². The molecule has 1 amide bonds. The summed E-state index contributed by atoms with van der Waals surface area (Å²) >= 11 is 0. The number of unbranched alkanes of at least 4 members (excludes halogenated alkanes) is 7. The molecule has 2 nitrogen and oxygen atoms in total. The summed E-state index contributed by atoms with van der Waals surface area (Å²) in [5.41, 5.74) is 0. The van der Waals surface area contributed by atoms with Crippen LogP contribution in [-0.2, 0) is 4.79 Å². The van der Waals surface area contributed by atoms with E-state index in [9.17, 15) is 4.79 Å². The van der Waals surface area contributed by atoms with Crippen LogP contribution in [0.1, 0.15) is 65.2 Å². The average Bonchev–Trinajstić information content (AvgIpc) is 2.26. The van der Waals surface area contributed by atoms with Crippen LogP contribution in [0.15, 0.2) is 12.3 Å². The Labute approximate surface area is 101 Å². The monoisotopic (exact) mass is 225 g/mol. The molecule has 0 fully saturated rings. The van der Waals surface area contributed by atoms with E-state index < -0.39 is 0 Å². The highest BCUT2D eigenvalue weighted by atomic mass is 16.2. The third kappa shape index (κ3) is 9.75. The van der Waals surface area contributed by atoms with Crippen molar-refractivity contribution in [3.63, 3.8) is 0 Å². The van der Waals surface area contributed by atoms with Gasteiger partial charge in [0.2, 0.25) is 5.91 Å². The quantitative estimate of drug-likeness (QED) is 0.540. The van der Waals surface area contributed by atoms with Crippen molar-refractivity contribution in [2.75, 3.05) is 7.05 Å². The molecule has 0 radical (unpaired) electrons. The van der Waals surface area contributed by atoms with E-state index in [0.717, 1.165) is 6.42 Å². The van der Waals surface area contributed by atoms with Crippen LogP contribution in [0, 0.1) is 0 Å². The lowest BCUT2D eigenvalue weighted by atomic mass is 10.1. The number of carbonyl (C=O) groups is 1. The standard InChI is InChI=1S/C14H27NO/c1-4-5-6-7-8-9-10-11-12-13-15(3)14(2)16/h12-13H,4-11H2,1-3H3. The van der Waals surface area contributed by atoms with E-state index in [1.165, 1.54) is 44.9 Å². The molecule has 0 N–H and O–H groups in total. The zero-order valence-electron chi connectivity index (χ0n) is 11.2. The minimum Gasteiger partial charge on any atom is -0.323 e. The SMILES string of the molecule is CCCCCCCCCC=CN(C)C(C)=O. The molecule has 16 heavy (non-hydrogen) atoms. The topological polar surface area (TPSA) is 20.3 Å². The molecule has 2 heteroatoms. The van der Waals surface area contributed by atoms with Crippen LogP contribution in [-0.4, -0.2) is 17.9 Å². The summed E-state index contributed by atoms with van der Waals surface area (Å²) in [4.78, 5) is 12.5. The maximum absolute atomic E-state index is 10.9.